The smallest absolute Gasteiger partial charge is 0.326 e. The van der Waals surface area contributed by atoms with E-state index in [4.69, 9.17) is 28.0 Å². The number of carboxylic acid groups (broad SMARTS) is 1. The van der Waals surface area contributed by atoms with Crippen molar-refractivity contribution in [1.29, 1.82) is 10.8 Å². The van der Waals surface area contributed by atoms with E-state index in [1.54, 1.807) is 60.8 Å². The minimum atomic E-state index is -1.60. The summed E-state index contributed by atoms with van der Waals surface area (Å²) in [5.74, 6) is -9.69. The molecule has 0 spiro atoms. The van der Waals surface area contributed by atoms with Crippen LogP contribution in [-0.4, -0.2) is 143 Å². The summed E-state index contributed by atoms with van der Waals surface area (Å²) in [6.07, 6.45) is -0.257. The SMILES string of the molecule is CC(=O)N[C@@H](CCCNC(=N)N)C(=O)N[C@H]1CCC(=O)NCCCC(C(=O)O)NC(=O)[C@H](Cc2c[nH]c3ccccc23)NC(=O)[C@H](CCCNC(=N)N)NC(=O)C(Cc2ccccc2)NC(=O)[C@H](CCC(N)=O)NC1=O. The first-order valence-electron chi connectivity index (χ1n) is 24.8. The second kappa shape index (κ2) is 30.4. The van der Waals surface area contributed by atoms with Gasteiger partial charge < -0.3 is 80.5 Å². The van der Waals surface area contributed by atoms with Crippen molar-refractivity contribution in [3.05, 3.63) is 71.9 Å². The summed E-state index contributed by atoms with van der Waals surface area (Å²) < 4.78 is 0. The van der Waals surface area contributed by atoms with Gasteiger partial charge in [0.15, 0.2) is 11.9 Å². The molecule has 76 heavy (non-hydrogen) atoms. The lowest BCUT2D eigenvalue weighted by Gasteiger charge is -2.28. The molecular formula is C49H70N16O11. The summed E-state index contributed by atoms with van der Waals surface area (Å²) in [5.41, 5.74) is 18.2. The van der Waals surface area contributed by atoms with Crippen LogP contribution in [0, 0.1) is 10.8 Å². The molecule has 0 radical (unpaired) electrons. The number of guanidine groups is 2. The number of carboxylic acids is 1. The van der Waals surface area contributed by atoms with Crippen molar-refractivity contribution >= 4 is 82.0 Å². The number of carbonyl (C=O) groups excluding carboxylic acids is 9. The van der Waals surface area contributed by atoms with Gasteiger partial charge in [0.25, 0.3) is 0 Å². The molecule has 1 saturated heterocycles. The number of aliphatic carboxylic acids is 1. The Morgan fingerprint density at radius 1 is 0.711 bits per heavy atom. The summed E-state index contributed by atoms with van der Waals surface area (Å²) in [5, 5.41) is 51.9. The van der Waals surface area contributed by atoms with Gasteiger partial charge in [0, 0.05) is 69.3 Å². The maximum absolute atomic E-state index is 14.6. The third kappa shape index (κ3) is 20.6. The summed E-state index contributed by atoms with van der Waals surface area (Å²) in [7, 11) is 0. The lowest BCUT2D eigenvalue weighted by molar-refractivity contribution is -0.142. The standard InChI is InChI=1S/C49H70N16O11/c1-27(66)59-32(14-7-22-56-48(51)52)41(69)62-35-18-20-40(68)55-21-9-16-36(47(75)76)63-46(74)38(25-29-26-58-31-13-6-5-12-30(29)31)65-42(70)33(15-8-23-57-49(53)54)60-45(73)37(24-28-10-3-2-4-11-28)64-44(72)34(61-43(35)71)17-19-39(50)67/h2-6,10-13,26,32-38,58H,7-9,14-25H2,1H3,(H2,50,67)(H,55,68)(H,59,66)(H,60,73)(H,61,71)(H,62,69)(H,63,74)(H,64,72)(H,65,70)(H,75,76)(H4,51,52,56)(H4,53,54,57)/t32-,33-,34-,35-,36?,37?,38-/m0/s1. The number of rotatable bonds is 19. The molecule has 2 unspecified atom stereocenters. The van der Waals surface area contributed by atoms with Crippen LogP contribution in [0.4, 0.5) is 0 Å². The molecule has 2 aromatic carbocycles. The molecule has 4 rings (SSSR count). The van der Waals surface area contributed by atoms with Crippen molar-refractivity contribution in [2.45, 2.75) is 126 Å². The number of hydrogen-bond donors (Lipinski definition) is 17. The molecule has 27 heteroatoms. The highest BCUT2D eigenvalue weighted by atomic mass is 16.4. The highest BCUT2D eigenvalue weighted by Gasteiger charge is 2.35. The van der Waals surface area contributed by atoms with Gasteiger partial charge in [0.05, 0.1) is 0 Å². The van der Waals surface area contributed by atoms with E-state index < -0.39 is 121 Å². The van der Waals surface area contributed by atoms with Crippen molar-refractivity contribution in [2.75, 3.05) is 19.6 Å². The Bertz CT molecular complexity index is 2560. The molecule has 9 amide bonds. The first-order chi connectivity index (χ1) is 36.2. The highest BCUT2D eigenvalue weighted by molar-refractivity contribution is 5.98. The Labute approximate surface area is 437 Å². The average Bonchev–Trinajstić information content (AvgIpc) is 3.78. The first kappa shape index (κ1) is 59.8. The van der Waals surface area contributed by atoms with E-state index in [2.05, 4.69) is 58.2 Å². The number of aromatic nitrogens is 1. The van der Waals surface area contributed by atoms with Crippen LogP contribution in [-0.2, 0) is 60.8 Å². The minimum absolute atomic E-state index is 0.00931. The van der Waals surface area contributed by atoms with Crippen LogP contribution in [0.5, 0.6) is 0 Å². The molecule has 7 atom stereocenters. The van der Waals surface area contributed by atoms with E-state index in [9.17, 15) is 53.1 Å². The van der Waals surface area contributed by atoms with Gasteiger partial charge in [-0.25, -0.2) is 4.79 Å². The van der Waals surface area contributed by atoms with E-state index >= 15 is 0 Å². The third-order valence-electron chi connectivity index (χ3n) is 12.2. The van der Waals surface area contributed by atoms with E-state index in [0.717, 1.165) is 5.52 Å². The van der Waals surface area contributed by atoms with Crippen LogP contribution in [0.1, 0.15) is 82.3 Å². The molecule has 1 aliphatic heterocycles. The van der Waals surface area contributed by atoms with Crippen molar-refractivity contribution < 1.29 is 53.1 Å². The van der Waals surface area contributed by atoms with Gasteiger partial charge in [0.2, 0.25) is 53.2 Å². The molecule has 1 aromatic heterocycles. The number of primary amides is 1. The van der Waals surface area contributed by atoms with Crippen LogP contribution < -0.4 is 70.4 Å². The lowest BCUT2D eigenvalue weighted by atomic mass is 10.0. The molecule has 1 fully saturated rings. The number of fused-ring (bicyclic) bond motifs is 1. The first-order valence-corrected chi connectivity index (χ1v) is 24.8. The number of para-hydroxylation sites is 1. The predicted molar refractivity (Wildman–Crippen MR) is 277 cm³/mol. The molecule has 2 heterocycles. The predicted octanol–water partition coefficient (Wildman–Crippen LogP) is -3.07. The number of carbonyl (C=O) groups is 10. The molecule has 0 bridgehead atoms. The number of hydrogen-bond acceptors (Lipinski definition) is 12. The van der Waals surface area contributed by atoms with Gasteiger partial charge in [-0.1, -0.05) is 48.5 Å². The van der Waals surface area contributed by atoms with Crippen LogP contribution in [0.2, 0.25) is 0 Å². The number of amides is 9. The molecule has 27 nitrogen and oxygen atoms in total. The van der Waals surface area contributed by atoms with Gasteiger partial charge in [-0.2, -0.15) is 0 Å². The van der Waals surface area contributed by atoms with E-state index in [1.165, 1.54) is 6.92 Å². The fraction of sp³-hybridized carbons (Fsp3) is 0.469. The number of aromatic amines is 1. The van der Waals surface area contributed by atoms with Crippen molar-refractivity contribution in [1.82, 2.24) is 58.2 Å². The van der Waals surface area contributed by atoms with Crippen molar-refractivity contribution in [3.8, 4) is 0 Å². The van der Waals surface area contributed by atoms with E-state index in [-0.39, 0.29) is 89.3 Å². The van der Waals surface area contributed by atoms with Crippen LogP contribution in [0.3, 0.4) is 0 Å². The maximum Gasteiger partial charge on any atom is 0.326 e. The Balaban J connectivity index is 1.78. The Morgan fingerprint density at radius 3 is 1.93 bits per heavy atom. The van der Waals surface area contributed by atoms with Crippen LogP contribution in [0.25, 0.3) is 10.9 Å². The second-order valence-corrected chi connectivity index (χ2v) is 18.2. The monoisotopic (exact) mass is 1060 g/mol. The Kier molecular flexibility index (Phi) is 23.9. The van der Waals surface area contributed by atoms with Gasteiger partial charge in [-0.3, -0.25) is 54.0 Å². The zero-order valence-electron chi connectivity index (χ0n) is 42.2. The number of nitrogens with two attached hydrogens (primary N) is 3. The second-order valence-electron chi connectivity index (χ2n) is 18.2. The molecule has 0 aliphatic carbocycles. The molecule has 412 valence electrons. The average molecular weight is 1060 g/mol. The molecule has 0 saturated carbocycles. The Hall–Kier alpha value is -8.78. The van der Waals surface area contributed by atoms with Crippen molar-refractivity contribution in [2.24, 2.45) is 17.2 Å². The van der Waals surface area contributed by atoms with Crippen molar-refractivity contribution in [3.63, 3.8) is 0 Å². The molecule has 20 N–H and O–H groups in total. The van der Waals surface area contributed by atoms with Crippen LogP contribution in [0.15, 0.2) is 60.8 Å². The quantitative estimate of drug-likeness (QED) is 0.0322. The van der Waals surface area contributed by atoms with E-state index in [1.807, 2.05) is 0 Å². The summed E-state index contributed by atoms with van der Waals surface area (Å²) >= 11 is 0. The summed E-state index contributed by atoms with van der Waals surface area (Å²) in [6.45, 7) is 1.30. The number of H-pyrrole nitrogens is 1. The van der Waals surface area contributed by atoms with Gasteiger partial charge in [-0.15, -0.1) is 0 Å². The molecule has 1 aliphatic rings. The normalized spacial score (nSPS) is 20.9. The molecule has 3 aromatic rings. The van der Waals surface area contributed by atoms with Gasteiger partial charge in [0.1, 0.15) is 42.3 Å². The fourth-order valence-corrected chi connectivity index (χ4v) is 8.24. The number of nitrogens with one attached hydrogen (secondary N) is 13. The topological polar surface area (TPSA) is 453 Å². The highest BCUT2D eigenvalue weighted by Crippen LogP contribution is 2.20. The third-order valence-corrected chi connectivity index (χ3v) is 12.2. The maximum atomic E-state index is 14.6. The molecular weight excluding hydrogens is 989 g/mol. The lowest BCUT2D eigenvalue weighted by Crippen LogP contribution is -2.60. The minimum Gasteiger partial charge on any atom is -0.480 e. The zero-order valence-corrected chi connectivity index (χ0v) is 42.2. The largest absolute Gasteiger partial charge is 0.480 e. The summed E-state index contributed by atoms with van der Waals surface area (Å²) in [4.78, 5) is 139. The number of benzene rings is 2. The summed E-state index contributed by atoms with van der Waals surface area (Å²) in [6, 6.07) is 5.34. The van der Waals surface area contributed by atoms with Gasteiger partial charge in [-0.05, 0) is 68.6 Å². The Morgan fingerprint density at radius 2 is 1.29 bits per heavy atom. The van der Waals surface area contributed by atoms with Crippen LogP contribution >= 0.6 is 0 Å². The van der Waals surface area contributed by atoms with E-state index in [0.29, 0.717) is 16.5 Å². The fourth-order valence-electron chi connectivity index (χ4n) is 8.24. The zero-order chi connectivity index (χ0) is 55.7. The van der Waals surface area contributed by atoms with Gasteiger partial charge >= 0.3 is 5.97 Å².